The summed E-state index contributed by atoms with van der Waals surface area (Å²) in [6.07, 6.45) is 4.24. The van der Waals surface area contributed by atoms with Crippen LogP contribution in [0.1, 0.15) is 25.7 Å². The molecule has 0 bridgehead atoms. The lowest BCUT2D eigenvalue weighted by Crippen LogP contribution is -2.48. The standard InChI is InChI=1S/C10H19NO3/c12-10(3-1-4-10)7-11-6-9-2-5-13-8-14-9/h9,11-12H,1-8H2. The predicted molar refractivity (Wildman–Crippen MR) is 52.0 cm³/mol. The van der Waals surface area contributed by atoms with E-state index in [-0.39, 0.29) is 6.10 Å². The van der Waals surface area contributed by atoms with E-state index in [4.69, 9.17) is 9.47 Å². The van der Waals surface area contributed by atoms with Gasteiger partial charge in [-0.3, -0.25) is 0 Å². The molecule has 0 aromatic rings. The molecule has 0 spiro atoms. The molecule has 1 aliphatic carbocycles. The number of ether oxygens (including phenoxy) is 2. The normalized spacial score (nSPS) is 31.1. The Morgan fingerprint density at radius 3 is 2.86 bits per heavy atom. The minimum Gasteiger partial charge on any atom is -0.389 e. The highest BCUT2D eigenvalue weighted by molar-refractivity contribution is 4.89. The van der Waals surface area contributed by atoms with Gasteiger partial charge in [-0.05, 0) is 25.7 Å². The molecule has 1 saturated carbocycles. The second-order valence-electron chi connectivity index (χ2n) is 4.31. The third-order valence-electron chi connectivity index (χ3n) is 3.08. The van der Waals surface area contributed by atoms with Gasteiger partial charge in [-0.2, -0.15) is 0 Å². The molecule has 2 fully saturated rings. The molecule has 0 radical (unpaired) electrons. The van der Waals surface area contributed by atoms with Crippen molar-refractivity contribution in [1.82, 2.24) is 5.32 Å². The van der Waals surface area contributed by atoms with Crippen LogP contribution in [0.2, 0.25) is 0 Å². The van der Waals surface area contributed by atoms with E-state index in [9.17, 15) is 5.11 Å². The monoisotopic (exact) mass is 201 g/mol. The fourth-order valence-electron chi connectivity index (χ4n) is 1.89. The molecule has 1 atom stereocenters. The summed E-state index contributed by atoms with van der Waals surface area (Å²) in [6.45, 7) is 2.73. The number of hydrogen-bond donors (Lipinski definition) is 2. The SMILES string of the molecule is OC1(CNCC2CCOCO2)CCC1. The molecule has 2 aliphatic rings. The van der Waals surface area contributed by atoms with Gasteiger partial charge in [-0.25, -0.2) is 0 Å². The third-order valence-corrected chi connectivity index (χ3v) is 3.08. The fourth-order valence-corrected chi connectivity index (χ4v) is 1.89. The number of aliphatic hydroxyl groups is 1. The molecule has 1 saturated heterocycles. The maximum Gasteiger partial charge on any atom is 0.147 e. The first-order valence-corrected chi connectivity index (χ1v) is 5.41. The Balaban J connectivity index is 1.57. The van der Waals surface area contributed by atoms with Gasteiger partial charge in [0.2, 0.25) is 0 Å². The number of nitrogens with one attached hydrogen (secondary N) is 1. The molecule has 2 rings (SSSR count). The van der Waals surface area contributed by atoms with Crippen molar-refractivity contribution >= 4 is 0 Å². The van der Waals surface area contributed by atoms with Gasteiger partial charge in [0.1, 0.15) is 6.79 Å². The van der Waals surface area contributed by atoms with Gasteiger partial charge >= 0.3 is 0 Å². The molecule has 2 N–H and O–H groups in total. The summed E-state index contributed by atoms with van der Waals surface area (Å²) >= 11 is 0. The van der Waals surface area contributed by atoms with E-state index >= 15 is 0 Å². The van der Waals surface area contributed by atoms with E-state index in [2.05, 4.69) is 5.32 Å². The Morgan fingerprint density at radius 2 is 2.29 bits per heavy atom. The summed E-state index contributed by atoms with van der Waals surface area (Å²) in [6, 6.07) is 0. The van der Waals surface area contributed by atoms with Crippen LogP contribution in [0.5, 0.6) is 0 Å². The second-order valence-corrected chi connectivity index (χ2v) is 4.31. The summed E-state index contributed by atoms with van der Waals surface area (Å²) in [5.74, 6) is 0. The quantitative estimate of drug-likeness (QED) is 0.685. The molecule has 1 unspecified atom stereocenters. The topological polar surface area (TPSA) is 50.7 Å². The minimum atomic E-state index is -0.425. The van der Waals surface area contributed by atoms with Gasteiger partial charge in [0, 0.05) is 13.1 Å². The molecule has 4 heteroatoms. The lowest BCUT2D eigenvalue weighted by Gasteiger charge is -2.37. The van der Waals surface area contributed by atoms with Crippen LogP contribution in [-0.2, 0) is 9.47 Å². The van der Waals surface area contributed by atoms with Crippen LogP contribution in [0.3, 0.4) is 0 Å². The van der Waals surface area contributed by atoms with Crippen LogP contribution in [0.25, 0.3) is 0 Å². The van der Waals surface area contributed by atoms with Crippen LogP contribution in [-0.4, -0.2) is 43.3 Å². The summed E-state index contributed by atoms with van der Waals surface area (Å²) in [5, 5.41) is 13.1. The van der Waals surface area contributed by atoms with Crippen LogP contribution in [0.4, 0.5) is 0 Å². The zero-order valence-electron chi connectivity index (χ0n) is 8.50. The van der Waals surface area contributed by atoms with Gasteiger partial charge < -0.3 is 19.9 Å². The van der Waals surface area contributed by atoms with Crippen LogP contribution in [0, 0.1) is 0 Å². The number of hydrogen-bond acceptors (Lipinski definition) is 4. The van der Waals surface area contributed by atoms with Crippen LogP contribution < -0.4 is 5.32 Å². The molecule has 0 aromatic carbocycles. The van der Waals surface area contributed by atoms with Crippen molar-refractivity contribution in [2.75, 3.05) is 26.5 Å². The smallest absolute Gasteiger partial charge is 0.147 e. The zero-order valence-corrected chi connectivity index (χ0v) is 8.50. The van der Waals surface area contributed by atoms with Crippen molar-refractivity contribution < 1.29 is 14.6 Å². The summed E-state index contributed by atoms with van der Waals surface area (Å²) in [5.41, 5.74) is -0.425. The molecule has 1 heterocycles. The number of rotatable bonds is 4. The highest BCUT2D eigenvalue weighted by atomic mass is 16.7. The van der Waals surface area contributed by atoms with Gasteiger partial charge in [0.25, 0.3) is 0 Å². The summed E-state index contributed by atoms with van der Waals surface area (Å²) < 4.78 is 10.5. The minimum absolute atomic E-state index is 0.257. The first-order chi connectivity index (χ1) is 6.79. The van der Waals surface area contributed by atoms with E-state index in [0.29, 0.717) is 13.3 Å². The van der Waals surface area contributed by atoms with E-state index in [1.807, 2.05) is 0 Å². The van der Waals surface area contributed by atoms with Crippen LogP contribution in [0.15, 0.2) is 0 Å². The molecule has 4 nitrogen and oxygen atoms in total. The van der Waals surface area contributed by atoms with Crippen molar-refractivity contribution in [2.24, 2.45) is 0 Å². The maximum atomic E-state index is 9.81. The average molecular weight is 201 g/mol. The van der Waals surface area contributed by atoms with Gasteiger partial charge in [0.15, 0.2) is 0 Å². The molecular weight excluding hydrogens is 182 g/mol. The highest BCUT2D eigenvalue weighted by Gasteiger charge is 2.33. The highest BCUT2D eigenvalue weighted by Crippen LogP contribution is 2.30. The zero-order chi connectivity index (χ0) is 9.86. The van der Waals surface area contributed by atoms with Crippen molar-refractivity contribution in [2.45, 2.75) is 37.4 Å². The molecule has 14 heavy (non-hydrogen) atoms. The second kappa shape index (κ2) is 4.57. The van der Waals surface area contributed by atoms with Crippen LogP contribution >= 0.6 is 0 Å². The van der Waals surface area contributed by atoms with Crippen molar-refractivity contribution in [3.8, 4) is 0 Å². The van der Waals surface area contributed by atoms with Gasteiger partial charge in [-0.1, -0.05) is 0 Å². The molecular formula is C10H19NO3. The third kappa shape index (κ3) is 2.67. The Bertz CT molecular complexity index is 176. The first-order valence-electron chi connectivity index (χ1n) is 5.41. The summed E-state index contributed by atoms with van der Waals surface area (Å²) in [7, 11) is 0. The lowest BCUT2D eigenvalue weighted by atomic mass is 9.80. The average Bonchev–Trinajstić information content (AvgIpc) is 2.17. The van der Waals surface area contributed by atoms with E-state index < -0.39 is 5.60 Å². The largest absolute Gasteiger partial charge is 0.389 e. The Morgan fingerprint density at radius 1 is 1.43 bits per heavy atom. The maximum absolute atomic E-state index is 9.81. The van der Waals surface area contributed by atoms with E-state index in [0.717, 1.165) is 38.8 Å². The van der Waals surface area contributed by atoms with Crippen molar-refractivity contribution in [1.29, 1.82) is 0 Å². The van der Waals surface area contributed by atoms with Gasteiger partial charge in [-0.15, -0.1) is 0 Å². The van der Waals surface area contributed by atoms with E-state index in [1.54, 1.807) is 0 Å². The van der Waals surface area contributed by atoms with E-state index in [1.165, 1.54) is 0 Å². The Labute approximate surface area is 84.6 Å². The molecule has 1 aliphatic heterocycles. The van der Waals surface area contributed by atoms with Crippen molar-refractivity contribution in [3.05, 3.63) is 0 Å². The Hall–Kier alpha value is -0.160. The van der Waals surface area contributed by atoms with Gasteiger partial charge in [0.05, 0.1) is 18.3 Å². The fraction of sp³-hybridized carbons (Fsp3) is 1.00. The van der Waals surface area contributed by atoms with Crippen molar-refractivity contribution in [3.63, 3.8) is 0 Å². The summed E-state index contributed by atoms with van der Waals surface area (Å²) in [4.78, 5) is 0. The first kappa shape index (κ1) is 10.4. The lowest BCUT2D eigenvalue weighted by molar-refractivity contribution is -0.138. The Kier molecular flexibility index (Phi) is 3.38. The molecule has 0 aromatic heterocycles. The molecule has 0 amide bonds. The predicted octanol–water partition coefficient (Wildman–Crippen LogP) is 0.254. The molecule has 82 valence electrons.